The third kappa shape index (κ3) is 3.31. The highest BCUT2D eigenvalue weighted by Gasteiger charge is 2.44. The molecule has 7 heteroatoms. The van der Waals surface area contributed by atoms with Crippen molar-refractivity contribution in [2.45, 2.75) is 31.9 Å². The molecule has 0 aromatic heterocycles. The lowest BCUT2D eigenvalue weighted by atomic mass is 9.78. The standard InChI is InChI=1S/C24H29NO6/c1-14-22(15-9-20(26-2)23(28-4)21(10-15)27-3)16-11-18-19(30-13-29-18)12-17(16)31-24(14)25-7-5-6-8-25/h9-12,14,22,24H,5-8,13H2,1-4H3/p+1/t14-,22+,24-/m0/s1. The first-order valence-corrected chi connectivity index (χ1v) is 10.9. The zero-order chi connectivity index (χ0) is 21.5. The molecular formula is C24H30NO6+. The highest BCUT2D eigenvalue weighted by atomic mass is 16.7. The Morgan fingerprint density at radius 2 is 1.48 bits per heavy atom. The molecule has 0 aliphatic carbocycles. The Labute approximate surface area is 182 Å². The van der Waals surface area contributed by atoms with Crippen molar-refractivity contribution >= 4 is 0 Å². The third-order valence-corrected chi connectivity index (χ3v) is 6.79. The van der Waals surface area contributed by atoms with Crippen LogP contribution in [-0.4, -0.2) is 47.4 Å². The van der Waals surface area contributed by atoms with Gasteiger partial charge in [0.25, 0.3) is 0 Å². The summed E-state index contributed by atoms with van der Waals surface area (Å²) < 4.78 is 34.8. The summed E-state index contributed by atoms with van der Waals surface area (Å²) in [5, 5.41) is 0. The van der Waals surface area contributed by atoms with Crippen molar-refractivity contribution in [2.75, 3.05) is 41.2 Å². The normalized spacial score (nSPS) is 24.5. The van der Waals surface area contributed by atoms with Crippen LogP contribution >= 0.6 is 0 Å². The van der Waals surface area contributed by atoms with Crippen molar-refractivity contribution in [3.8, 4) is 34.5 Å². The Bertz CT molecular complexity index is 946. The fourth-order valence-electron chi connectivity index (χ4n) is 5.32. The molecule has 3 atom stereocenters. The van der Waals surface area contributed by atoms with Crippen LogP contribution in [0.1, 0.15) is 36.8 Å². The Morgan fingerprint density at radius 3 is 2.10 bits per heavy atom. The quantitative estimate of drug-likeness (QED) is 0.790. The zero-order valence-corrected chi connectivity index (χ0v) is 18.5. The minimum atomic E-state index is 0.0689. The molecule has 5 rings (SSSR count). The summed E-state index contributed by atoms with van der Waals surface area (Å²) in [5.41, 5.74) is 2.20. The van der Waals surface area contributed by atoms with E-state index in [1.807, 2.05) is 6.07 Å². The molecule has 1 saturated heterocycles. The van der Waals surface area contributed by atoms with E-state index in [-0.39, 0.29) is 24.9 Å². The highest BCUT2D eigenvalue weighted by Crippen LogP contribution is 2.50. The predicted molar refractivity (Wildman–Crippen MR) is 114 cm³/mol. The highest BCUT2D eigenvalue weighted by molar-refractivity contribution is 5.59. The Kier molecular flexibility index (Phi) is 5.22. The van der Waals surface area contributed by atoms with Gasteiger partial charge in [0, 0.05) is 30.4 Å². The van der Waals surface area contributed by atoms with Crippen LogP contribution in [0.15, 0.2) is 24.3 Å². The van der Waals surface area contributed by atoms with Gasteiger partial charge in [0.15, 0.2) is 23.0 Å². The van der Waals surface area contributed by atoms with E-state index in [9.17, 15) is 0 Å². The molecule has 0 saturated carbocycles. The van der Waals surface area contributed by atoms with Gasteiger partial charge in [0.1, 0.15) is 5.75 Å². The number of hydrogen-bond donors (Lipinski definition) is 1. The molecule has 2 aromatic rings. The second-order valence-corrected chi connectivity index (χ2v) is 8.44. The van der Waals surface area contributed by atoms with E-state index in [0.29, 0.717) is 17.2 Å². The maximum absolute atomic E-state index is 6.60. The Morgan fingerprint density at radius 1 is 0.839 bits per heavy atom. The van der Waals surface area contributed by atoms with Crippen molar-refractivity contribution in [3.05, 3.63) is 35.4 Å². The van der Waals surface area contributed by atoms with Gasteiger partial charge in [-0.05, 0) is 23.8 Å². The lowest BCUT2D eigenvalue weighted by Gasteiger charge is -2.40. The van der Waals surface area contributed by atoms with Crippen molar-refractivity contribution < 1.29 is 33.3 Å². The zero-order valence-electron chi connectivity index (χ0n) is 18.5. The maximum atomic E-state index is 6.60. The summed E-state index contributed by atoms with van der Waals surface area (Å²) in [7, 11) is 4.93. The number of quaternary nitrogens is 1. The summed E-state index contributed by atoms with van der Waals surface area (Å²) in [5.74, 6) is 4.61. The molecule has 0 unspecified atom stereocenters. The van der Waals surface area contributed by atoms with Gasteiger partial charge in [-0.25, -0.2) is 0 Å². The molecule has 31 heavy (non-hydrogen) atoms. The summed E-state index contributed by atoms with van der Waals surface area (Å²) in [4.78, 5) is 1.51. The molecular weight excluding hydrogens is 398 g/mol. The van der Waals surface area contributed by atoms with E-state index in [1.54, 1.807) is 21.3 Å². The summed E-state index contributed by atoms with van der Waals surface area (Å²) in [6.07, 6.45) is 2.55. The van der Waals surface area contributed by atoms with Gasteiger partial charge in [0.05, 0.1) is 40.3 Å². The van der Waals surface area contributed by atoms with Crippen LogP contribution in [0.4, 0.5) is 0 Å². The fraction of sp³-hybridized carbons (Fsp3) is 0.500. The average Bonchev–Trinajstić information content (AvgIpc) is 3.48. The number of nitrogens with one attached hydrogen (secondary N) is 1. The largest absolute Gasteiger partial charge is 0.493 e. The molecule has 1 N–H and O–H groups in total. The van der Waals surface area contributed by atoms with Crippen molar-refractivity contribution in [1.82, 2.24) is 0 Å². The van der Waals surface area contributed by atoms with Crippen LogP contribution < -0.4 is 33.3 Å². The molecule has 3 aliphatic heterocycles. The minimum absolute atomic E-state index is 0.0689. The first-order chi connectivity index (χ1) is 15.1. The molecule has 0 bridgehead atoms. The third-order valence-electron chi connectivity index (χ3n) is 6.79. The van der Waals surface area contributed by atoms with Crippen LogP contribution in [-0.2, 0) is 0 Å². The lowest BCUT2D eigenvalue weighted by Crippen LogP contribution is -3.16. The van der Waals surface area contributed by atoms with E-state index < -0.39 is 0 Å². The smallest absolute Gasteiger partial charge is 0.235 e. The number of ether oxygens (including phenoxy) is 6. The first-order valence-electron chi connectivity index (χ1n) is 10.9. The number of hydrogen-bond acceptors (Lipinski definition) is 6. The average molecular weight is 429 g/mol. The number of methoxy groups -OCH3 is 3. The van der Waals surface area contributed by atoms with E-state index >= 15 is 0 Å². The maximum Gasteiger partial charge on any atom is 0.235 e. The van der Waals surface area contributed by atoms with E-state index in [1.165, 1.54) is 17.7 Å². The molecule has 1 fully saturated rings. The van der Waals surface area contributed by atoms with Crippen LogP contribution in [0.25, 0.3) is 0 Å². The fourth-order valence-corrected chi connectivity index (χ4v) is 5.32. The molecule has 3 heterocycles. The molecule has 0 radical (unpaired) electrons. The number of benzene rings is 2. The molecule has 0 spiro atoms. The van der Waals surface area contributed by atoms with Gasteiger partial charge in [0.2, 0.25) is 18.8 Å². The summed E-state index contributed by atoms with van der Waals surface area (Å²) in [6.45, 7) is 4.79. The van der Waals surface area contributed by atoms with Gasteiger partial charge in [-0.1, -0.05) is 6.92 Å². The second kappa shape index (κ2) is 8.04. The molecule has 2 aromatic carbocycles. The SMILES string of the molecule is COc1cc([C@@H]2c3cc4c(cc3O[C@H]([NH+]3CCCC3)[C@H]2C)OCO4)cc(OC)c1OC. The lowest BCUT2D eigenvalue weighted by molar-refractivity contribution is -0.937. The topological polar surface area (TPSA) is 59.8 Å². The first kappa shape index (κ1) is 20.1. The van der Waals surface area contributed by atoms with E-state index in [4.69, 9.17) is 28.4 Å². The molecule has 7 nitrogen and oxygen atoms in total. The predicted octanol–water partition coefficient (Wildman–Crippen LogP) is 2.61. The van der Waals surface area contributed by atoms with Gasteiger partial charge in [-0.2, -0.15) is 0 Å². The summed E-state index contributed by atoms with van der Waals surface area (Å²) >= 11 is 0. The van der Waals surface area contributed by atoms with Crippen LogP contribution in [0.2, 0.25) is 0 Å². The van der Waals surface area contributed by atoms with Gasteiger partial charge in [-0.3, -0.25) is 4.90 Å². The molecule has 166 valence electrons. The van der Waals surface area contributed by atoms with Crippen LogP contribution in [0, 0.1) is 5.92 Å². The van der Waals surface area contributed by atoms with E-state index in [0.717, 1.165) is 41.5 Å². The van der Waals surface area contributed by atoms with Gasteiger partial charge < -0.3 is 28.4 Å². The number of fused-ring (bicyclic) bond motifs is 2. The Balaban J connectivity index is 1.66. The monoisotopic (exact) mass is 428 g/mol. The summed E-state index contributed by atoms with van der Waals surface area (Å²) in [6, 6.07) is 8.16. The van der Waals surface area contributed by atoms with Crippen molar-refractivity contribution in [2.24, 2.45) is 5.92 Å². The number of rotatable bonds is 5. The van der Waals surface area contributed by atoms with Crippen LogP contribution in [0.3, 0.4) is 0 Å². The molecule has 0 amide bonds. The van der Waals surface area contributed by atoms with Crippen LogP contribution in [0.5, 0.6) is 34.5 Å². The minimum Gasteiger partial charge on any atom is -0.493 e. The van der Waals surface area contributed by atoms with Gasteiger partial charge in [-0.15, -0.1) is 0 Å². The van der Waals surface area contributed by atoms with Gasteiger partial charge >= 0.3 is 0 Å². The second-order valence-electron chi connectivity index (χ2n) is 8.44. The molecule has 3 aliphatic rings. The van der Waals surface area contributed by atoms with Crippen molar-refractivity contribution in [1.29, 1.82) is 0 Å². The Hall–Kier alpha value is -2.80. The van der Waals surface area contributed by atoms with E-state index in [2.05, 4.69) is 25.1 Å². The number of likely N-dealkylation sites (tertiary alicyclic amines) is 1. The van der Waals surface area contributed by atoms with Crippen molar-refractivity contribution in [3.63, 3.8) is 0 Å².